The molecule has 0 aromatic heterocycles. The number of nitrogens with one attached hydrogen (secondary N) is 1. The van der Waals surface area contributed by atoms with Gasteiger partial charge in [-0.3, -0.25) is 9.59 Å². The Balaban J connectivity index is 2.16. The number of ether oxygens (including phenoxy) is 1. The molecule has 5 nitrogen and oxygen atoms in total. The third kappa shape index (κ3) is 2.84. The quantitative estimate of drug-likeness (QED) is 0.863. The molecule has 0 unspecified atom stereocenters. The van der Waals surface area contributed by atoms with Gasteiger partial charge in [0.1, 0.15) is 0 Å². The second-order valence-corrected chi connectivity index (χ2v) is 4.54. The summed E-state index contributed by atoms with van der Waals surface area (Å²) in [4.78, 5) is 23.1. The molecular formula is C12H12N2O3S. The highest BCUT2D eigenvalue weighted by atomic mass is 32.2. The van der Waals surface area contributed by atoms with E-state index in [0.717, 1.165) is 5.75 Å². The van der Waals surface area contributed by atoms with Crippen molar-refractivity contribution in [3.05, 3.63) is 41.0 Å². The number of thioether (sulfide) groups is 1. The number of anilines is 1. The Kier molecular flexibility index (Phi) is 3.88. The van der Waals surface area contributed by atoms with Gasteiger partial charge in [0.2, 0.25) is 0 Å². The van der Waals surface area contributed by atoms with E-state index in [0.29, 0.717) is 12.3 Å². The maximum atomic E-state index is 11.9. The zero-order valence-electron chi connectivity index (χ0n) is 9.51. The van der Waals surface area contributed by atoms with Crippen molar-refractivity contribution in [1.82, 2.24) is 0 Å². The Morgan fingerprint density at radius 1 is 1.33 bits per heavy atom. The summed E-state index contributed by atoms with van der Waals surface area (Å²) in [5.74, 6) is 0.120. The first kappa shape index (κ1) is 12.5. The van der Waals surface area contributed by atoms with E-state index in [1.54, 1.807) is 29.7 Å². The van der Waals surface area contributed by atoms with Crippen molar-refractivity contribution in [2.75, 3.05) is 17.7 Å². The molecule has 94 valence electrons. The second kappa shape index (κ2) is 5.59. The van der Waals surface area contributed by atoms with Crippen LogP contribution in [0.25, 0.3) is 0 Å². The summed E-state index contributed by atoms with van der Waals surface area (Å²) in [6.45, 7) is 0.501. The summed E-state index contributed by atoms with van der Waals surface area (Å²) in [6.07, 6.45) is 0. The fraction of sp³-hybridized carbons (Fsp3) is 0.167. The minimum atomic E-state index is -0.584. The summed E-state index contributed by atoms with van der Waals surface area (Å²) >= 11 is 1.51. The molecule has 0 saturated heterocycles. The van der Waals surface area contributed by atoms with Gasteiger partial charge in [-0.25, -0.2) is 0 Å². The van der Waals surface area contributed by atoms with Crippen LogP contribution in [0.4, 0.5) is 5.69 Å². The standard InChI is InChI=1S/C12H12N2O3S/c13-11(15)8-3-1-2-4-9(8)14-12(16)10-7-18-6-5-17-10/h1-4,7H,5-6H2,(H2,13,15)(H,14,16). The Bertz CT molecular complexity index is 514. The minimum absolute atomic E-state index is 0.255. The highest BCUT2D eigenvalue weighted by Gasteiger charge is 2.16. The summed E-state index contributed by atoms with van der Waals surface area (Å²) in [5, 5.41) is 4.27. The Labute approximate surface area is 108 Å². The van der Waals surface area contributed by atoms with E-state index in [4.69, 9.17) is 10.5 Å². The first-order valence-corrected chi connectivity index (χ1v) is 6.38. The average molecular weight is 264 g/mol. The van der Waals surface area contributed by atoms with Crippen molar-refractivity contribution in [2.24, 2.45) is 5.73 Å². The van der Waals surface area contributed by atoms with E-state index >= 15 is 0 Å². The minimum Gasteiger partial charge on any atom is -0.487 e. The molecule has 2 amide bonds. The monoisotopic (exact) mass is 264 g/mol. The van der Waals surface area contributed by atoms with E-state index in [1.165, 1.54) is 11.8 Å². The van der Waals surface area contributed by atoms with Gasteiger partial charge in [-0.1, -0.05) is 12.1 Å². The lowest BCUT2D eigenvalue weighted by Crippen LogP contribution is -2.21. The molecule has 0 radical (unpaired) electrons. The van der Waals surface area contributed by atoms with Gasteiger partial charge in [0.15, 0.2) is 5.76 Å². The smallest absolute Gasteiger partial charge is 0.291 e. The van der Waals surface area contributed by atoms with Gasteiger partial charge < -0.3 is 15.8 Å². The number of carbonyl (C=O) groups excluding carboxylic acids is 2. The zero-order valence-corrected chi connectivity index (χ0v) is 10.3. The molecule has 0 aliphatic carbocycles. The molecule has 1 aliphatic rings. The third-order valence-corrected chi connectivity index (χ3v) is 3.10. The SMILES string of the molecule is NC(=O)c1ccccc1NC(=O)C1=CSCCO1. The van der Waals surface area contributed by atoms with Gasteiger partial charge in [-0.2, -0.15) is 0 Å². The summed E-state index contributed by atoms with van der Waals surface area (Å²) < 4.78 is 5.22. The number of amides is 2. The molecule has 0 fully saturated rings. The third-order valence-electron chi connectivity index (χ3n) is 2.31. The summed E-state index contributed by atoms with van der Waals surface area (Å²) in [7, 11) is 0. The maximum absolute atomic E-state index is 11.9. The molecule has 0 bridgehead atoms. The van der Waals surface area contributed by atoms with Crippen LogP contribution in [0, 0.1) is 0 Å². The van der Waals surface area contributed by atoms with Crippen molar-refractivity contribution in [2.45, 2.75) is 0 Å². The lowest BCUT2D eigenvalue weighted by molar-refractivity contribution is -0.116. The van der Waals surface area contributed by atoms with Crippen molar-refractivity contribution in [3.8, 4) is 0 Å². The summed E-state index contributed by atoms with van der Waals surface area (Å²) in [6, 6.07) is 6.58. The first-order valence-electron chi connectivity index (χ1n) is 5.33. The van der Waals surface area contributed by atoms with Crippen LogP contribution in [-0.4, -0.2) is 24.2 Å². The molecule has 0 saturated carbocycles. The maximum Gasteiger partial charge on any atom is 0.291 e. The van der Waals surface area contributed by atoms with E-state index < -0.39 is 5.91 Å². The number of nitrogens with two attached hydrogens (primary N) is 1. The van der Waals surface area contributed by atoms with E-state index in [2.05, 4.69) is 5.32 Å². The molecule has 6 heteroatoms. The molecule has 3 N–H and O–H groups in total. The fourth-order valence-electron chi connectivity index (χ4n) is 1.48. The van der Waals surface area contributed by atoms with Crippen LogP contribution in [0.5, 0.6) is 0 Å². The molecule has 1 aromatic rings. The van der Waals surface area contributed by atoms with Crippen LogP contribution in [0.3, 0.4) is 0 Å². The zero-order chi connectivity index (χ0) is 13.0. The Morgan fingerprint density at radius 2 is 2.11 bits per heavy atom. The number of rotatable bonds is 3. The number of carbonyl (C=O) groups is 2. The number of primary amides is 1. The lowest BCUT2D eigenvalue weighted by Gasteiger charge is -2.15. The predicted molar refractivity (Wildman–Crippen MR) is 70.1 cm³/mol. The summed E-state index contributed by atoms with van der Waals surface area (Å²) in [5.41, 5.74) is 5.89. The molecule has 2 rings (SSSR count). The van der Waals surface area contributed by atoms with Gasteiger partial charge in [0, 0.05) is 11.2 Å². The van der Waals surface area contributed by atoms with Crippen molar-refractivity contribution < 1.29 is 14.3 Å². The molecular weight excluding hydrogens is 252 g/mol. The van der Waals surface area contributed by atoms with Crippen LogP contribution in [0.1, 0.15) is 10.4 Å². The number of hydrogen-bond acceptors (Lipinski definition) is 4. The van der Waals surface area contributed by atoms with E-state index in [-0.39, 0.29) is 17.2 Å². The van der Waals surface area contributed by atoms with Crippen molar-refractivity contribution in [1.29, 1.82) is 0 Å². The highest BCUT2D eigenvalue weighted by molar-refractivity contribution is 8.02. The van der Waals surface area contributed by atoms with Crippen LogP contribution in [0.15, 0.2) is 35.4 Å². The Hall–Kier alpha value is -1.95. The van der Waals surface area contributed by atoms with E-state index in [9.17, 15) is 9.59 Å². The normalized spacial score (nSPS) is 14.3. The Morgan fingerprint density at radius 3 is 2.78 bits per heavy atom. The van der Waals surface area contributed by atoms with E-state index in [1.807, 2.05) is 0 Å². The molecule has 1 aromatic carbocycles. The number of para-hydroxylation sites is 1. The largest absolute Gasteiger partial charge is 0.487 e. The topological polar surface area (TPSA) is 81.4 Å². The first-order chi connectivity index (χ1) is 8.68. The molecule has 0 atom stereocenters. The number of hydrogen-bond donors (Lipinski definition) is 2. The molecule has 18 heavy (non-hydrogen) atoms. The van der Waals surface area contributed by atoms with Crippen LogP contribution in [-0.2, 0) is 9.53 Å². The van der Waals surface area contributed by atoms with Gasteiger partial charge in [-0.05, 0) is 12.1 Å². The van der Waals surface area contributed by atoms with Gasteiger partial charge in [0.05, 0.1) is 17.9 Å². The lowest BCUT2D eigenvalue weighted by atomic mass is 10.1. The van der Waals surface area contributed by atoms with Gasteiger partial charge in [-0.15, -0.1) is 11.8 Å². The molecule has 1 heterocycles. The van der Waals surface area contributed by atoms with Crippen molar-refractivity contribution >= 4 is 29.3 Å². The molecule has 0 spiro atoms. The molecule has 1 aliphatic heterocycles. The fourth-order valence-corrected chi connectivity index (χ4v) is 2.10. The van der Waals surface area contributed by atoms with Crippen LogP contribution < -0.4 is 11.1 Å². The van der Waals surface area contributed by atoms with Crippen LogP contribution in [0.2, 0.25) is 0 Å². The van der Waals surface area contributed by atoms with Crippen LogP contribution >= 0.6 is 11.8 Å². The van der Waals surface area contributed by atoms with Crippen molar-refractivity contribution in [3.63, 3.8) is 0 Å². The van der Waals surface area contributed by atoms with Gasteiger partial charge >= 0.3 is 0 Å². The highest BCUT2D eigenvalue weighted by Crippen LogP contribution is 2.19. The van der Waals surface area contributed by atoms with Gasteiger partial charge in [0.25, 0.3) is 11.8 Å². The second-order valence-electron chi connectivity index (χ2n) is 3.57. The predicted octanol–water partition coefficient (Wildman–Crippen LogP) is 1.33. The number of benzene rings is 1. The average Bonchev–Trinajstić information content (AvgIpc) is 2.40.